The average molecular weight is 755 g/mol. The van der Waals surface area contributed by atoms with Gasteiger partial charge in [0.25, 0.3) is 5.91 Å². The lowest BCUT2D eigenvalue weighted by Gasteiger charge is -2.44. The number of ether oxygens (including phenoxy) is 4. The number of alkyl carbamates (subject to hydrolysis) is 1. The van der Waals surface area contributed by atoms with Gasteiger partial charge in [0.2, 0.25) is 10.0 Å². The van der Waals surface area contributed by atoms with E-state index in [0.29, 0.717) is 48.5 Å². The van der Waals surface area contributed by atoms with E-state index < -0.39 is 46.7 Å². The molecular weight excluding hydrogens is 705 g/mol. The number of esters is 1. The number of amides is 2. The van der Waals surface area contributed by atoms with Gasteiger partial charge in [0, 0.05) is 43.0 Å². The van der Waals surface area contributed by atoms with Crippen molar-refractivity contribution in [2.24, 2.45) is 11.8 Å². The number of hydrogen-bond donors (Lipinski definition) is 3. The van der Waals surface area contributed by atoms with Crippen molar-refractivity contribution in [3.05, 3.63) is 65.4 Å². The quantitative estimate of drug-likeness (QED) is 0.180. The van der Waals surface area contributed by atoms with Crippen LogP contribution in [0.25, 0.3) is 5.57 Å². The maximum atomic E-state index is 14.4. The van der Waals surface area contributed by atoms with Crippen molar-refractivity contribution in [2.75, 3.05) is 44.8 Å². The van der Waals surface area contributed by atoms with Crippen molar-refractivity contribution in [3.63, 3.8) is 0 Å². The Bertz CT molecular complexity index is 1800. The molecule has 2 aromatic carbocycles. The summed E-state index contributed by atoms with van der Waals surface area (Å²) < 4.78 is 52.3. The molecule has 6 rings (SSSR count). The van der Waals surface area contributed by atoms with E-state index in [9.17, 15) is 27.9 Å². The number of aliphatic hydroxyl groups excluding tert-OH is 1. The topological polar surface area (TPSA) is 173 Å². The number of carbonyl (C=O) groups excluding carboxylic acids is 3. The van der Waals surface area contributed by atoms with E-state index in [-0.39, 0.29) is 61.3 Å². The highest BCUT2D eigenvalue weighted by Crippen LogP contribution is 2.43. The highest BCUT2D eigenvalue weighted by atomic mass is 32.2. The highest BCUT2D eigenvalue weighted by molar-refractivity contribution is 7.89. The fraction of sp³-hybridized carbons (Fsp3) is 0.553. The largest absolute Gasteiger partial charge is 0.464 e. The summed E-state index contributed by atoms with van der Waals surface area (Å²) in [6.07, 6.45) is -1.02. The average Bonchev–Trinajstić information content (AvgIpc) is 3.82. The molecule has 3 saturated heterocycles. The number of nitrogens with one attached hydrogen (secondary N) is 2. The number of benzene rings is 2. The lowest BCUT2D eigenvalue weighted by Crippen LogP contribution is -2.52. The van der Waals surface area contributed by atoms with E-state index in [2.05, 4.69) is 10.6 Å². The van der Waals surface area contributed by atoms with Gasteiger partial charge < -0.3 is 39.6 Å². The van der Waals surface area contributed by atoms with Gasteiger partial charge in [-0.15, -0.1) is 0 Å². The molecule has 3 fully saturated rings. The first kappa shape index (κ1) is 38.7. The molecular formula is C38H50N4O10S. The summed E-state index contributed by atoms with van der Waals surface area (Å²) in [5.74, 6) is -0.915. The number of nitrogens with zero attached hydrogens (tertiary/aromatic N) is 2. The van der Waals surface area contributed by atoms with Crippen LogP contribution < -0.4 is 10.6 Å². The zero-order valence-corrected chi connectivity index (χ0v) is 31.5. The molecule has 15 heteroatoms. The third-order valence-electron chi connectivity index (χ3n) is 10.1. The van der Waals surface area contributed by atoms with Crippen LogP contribution in [-0.2, 0) is 45.0 Å². The molecule has 0 radical (unpaired) electrons. The van der Waals surface area contributed by atoms with Crippen LogP contribution in [0, 0.1) is 11.8 Å². The van der Waals surface area contributed by atoms with Gasteiger partial charge in [-0.3, -0.25) is 4.79 Å². The Morgan fingerprint density at radius 1 is 1.11 bits per heavy atom. The summed E-state index contributed by atoms with van der Waals surface area (Å²) in [7, 11) is -4.24. The smallest absolute Gasteiger partial charge is 0.407 e. The van der Waals surface area contributed by atoms with Crippen LogP contribution in [0.4, 0.5) is 10.5 Å². The summed E-state index contributed by atoms with van der Waals surface area (Å²) >= 11 is 0. The number of carbonyl (C=O) groups is 3. The van der Waals surface area contributed by atoms with Gasteiger partial charge in [0.15, 0.2) is 6.29 Å². The van der Waals surface area contributed by atoms with Crippen LogP contribution in [0.1, 0.15) is 58.1 Å². The van der Waals surface area contributed by atoms with Crippen molar-refractivity contribution in [2.45, 2.75) is 88.9 Å². The third kappa shape index (κ3) is 8.39. The second-order valence-electron chi connectivity index (χ2n) is 14.3. The molecule has 288 valence electrons. The maximum absolute atomic E-state index is 14.4. The van der Waals surface area contributed by atoms with E-state index >= 15 is 0 Å². The van der Waals surface area contributed by atoms with Gasteiger partial charge in [-0.25, -0.2) is 18.0 Å². The fourth-order valence-corrected chi connectivity index (χ4v) is 9.14. The molecule has 0 aromatic heterocycles. The molecule has 4 heterocycles. The van der Waals surface area contributed by atoms with Gasteiger partial charge in [-0.05, 0) is 55.9 Å². The van der Waals surface area contributed by atoms with Crippen LogP contribution in [0.2, 0.25) is 0 Å². The summed E-state index contributed by atoms with van der Waals surface area (Å²) in [4.78, 5) is 41.0. The number of fused-ring (bicyclic) bond motifs is 2. The van der Waals surface area contributed by atoms with Crippen LogP contribution >= 0.6 is 0 Å². The standard InChI is InChI=1S/C38H50N4O10S/c1-5-15-42-30(19-31(42)36(45)49-6-2)34-27-18-25(12-13-28(27)39-35(34)44)53(47,48)41(20-23(3)4)21-32(43)29(17-24-10-8-7-9-11-24)40-38(46)52-33-22-51-37-26(33)14-16-50-37/h7-13,18,23,26,29,31-33,37,43H,5-6,14-17,19-22H2,1-4H3,(H,39,44)(H,40,46)/b34-30-/t26?,29-,31?,32+,33-,37?/m0/s1. The zero-order valence-electron chi connectivity index (χ0n) is 30.7. The maximum Gasteiger partial charge on any atom is 0.407 e. The van der Waals surface area contributed by atoms with Crippen molar-refractivity contribution in [1.29, 1.82) is 0 Å². The van der Waals surface area contributed by atoms with Crippen molar-refractivity contribution >= 4 is 39.3 Å². The zero-order chi connectivity index (χ0) is 37.9. The van der Waals surface area contributed by atoms with Crippen LogP contribution in [0.3, 0.4) is 0 Å². The van der Waals surface area contributed by atoms with E-state index in [0.717, 1.165) is 12.0 Å². The predicted octanol–water partition coefficient (Wildman–Crippen LogP) is 3.50. The van der Waals surface area contributed by atoms with Crippen LogP contribution in [-0.4, -0.2) is 111 Å². The number of sulfonamides is 1. The minimum atomic E-state index is -4.24. The molecule has 3 N–H and O–H groups in total. The molecule has 53 heavy (non-hydrogen) atoms. The molecule has 2 aromatic rings. The molecule has 4 aliphatic rings. The summed E-state index contributed by atoms with van der Waals surface area (Å²) in [6, 6.07) is 12.4. The third-order valence-corrected chi connectivity index (χ3v) is 11.9. The number of rotatable bonds is 15. The Kier molecular flexibility index (Phi) is 12.1. The minimum absolute atomic E-state index is 0.0523. The van der Waals surface area contributed by atoms with Gasteiger partial charge in [-0.2, -0.15) is 4.31 Å². The summed E-state index contributed by atoms with van der Waals surface area (Å²) in [5, 5.41) is 17.4. The Balaban J connectivity index is 1.25. The van der Waals surface area contributed by atoms with Gasteiger partial charge >= 0.3 is 12.1 Å². The van der Waals surface area contributed by atoms with E-state index in [1.807, 2.05) is 56.0 Å². The Labute approximate surface area is 310 Å². The van der Waals surface area contributed by atoms with Gasteiger partial charge in [-0.1, -0.05) is 51.1 Å². The van der Waals surface area contributed by atoms with Crippen molar-refractivity contribution < 1.29 is 46.9 Å². The molecule has 0 bridgehead atoms. The Hall–Kier alpha value is -4.02. The van der Waals surface area contributed by atoms with Crippen molar-refractivity contribution in [3.8, 4) is 0 Å². The molecule has 0 aliphatic carbocycles. The normalized spacial score (nSPS) is 24.7. The number of aliphatic hydroxyl groups is 1. The highest BCUT2D eigenvalue weighted by Gasteiger charge is 2.45. The van der Waals surface area contributed by atoms with Gasteiger partial charge in [0.1, 0.15) is 12.1 Å². The van der Waals surface area contributed by atoms with E-state index in [4.69, 9.17) is 18.9 Å². The first-order valence-corrected chi connectivity index (χ1v) is 19.9. The fourth-order valence-electron chi connectivity index (χ4n) is 7.49. The Morgan fingerprint density at radius 3 is 2.60 bits per heavy atom. The number of likely N-dealkylation sites (tertiary alicyclic amines) is 1. The lowest BCUT2D eigenvalue weighted by atomic mass is 9.91. The second-order valence-corrected chi connectivity index (χ2v) is 16.3. The monoisotopic (exact) mass is 754 g/mol. The first-order chi connectivity index (χ1) is 25.4. The molecule has 3 unspecified atom stereocenters. The van der Waals surface area contributed by atoms with Gasteiger partial charge in [0.05, 0.1) is 48.4 Å². The van der Waals surface area contributed by atoms with E-state index in [1.54, 1.807) is 13.0 Å². The van der Waals surface area contributed by atoms with Crippen molar-refractivity contribution in [1.82, 2.24) is 14.5 Å². The molecule has 4 aliphatic heterocycles. The first-order valence-electron chi connectivity index (χ1n) is 18.5. The minimum Gasteiger partial charge on any atom is -0.464 e. The lowest BCUT2D eigenvalue weighted by molar-refractivity contribution is -0.151. The Morgan fingerprint density at radius 2 is 1.89 bits per heavy atom. The molecule has 2 amide bonds. The SMILES string of the molecule is CCCN1/C(=C2\C(=O)Nc3ccc(S(=O)(=O)N(CC(C)C)C[C@@H](O)[C@H](Cc4ccccc4)NC(=O)O[C@H]4COC5OCCC54)cc32)CC1C(=O)OCC. The molecule has 14 nitrogen and oxygen atoms in total. The predicted molar refractivity (Wildman–Crippen MR) is 195 cm³/mol. The molecule has 6 atom stereocenters. The molecule has 0 spiro atoms. The van der Waals surface area contributed by atoms with E-state index in [1.165, 1.54) is 16.4 Å². The molecule has 0 saturated carbocycles. The summed E-state index contributed by atoms with van der Waals surface area (Å²) in [6.45, 7) is 8.73. The number of anilines is 1. The number of hydrogen-bond acceptors (Lipinski definition) is 11. The second kappa shape index (κ2) is 16.6. The summed E-state index contributed by atoms with van der Waals surface area (Å²) in [5.41, 5.74) is 2.72. The van der Waals surface area contributed by atoms with Crippen LogP contribution in [0.5, 0.6) is 0 Å². The van der Waals surface area contributed by atoms with Crippen LogP contribution in [0.15, 0.2) is 59.1 Å².